The molecule has 5 heteroatoms. The molecule has 0 saturated heterocycles. The Labute approximate surface area is 166 Å². The highest BCUT2D eigenvalue weighted by molar-refractivity contribution is 14.0. The van der Waals surface area contributed by atoms with E-state index in [1.807, 2.05) is 24.3 Å². The molecule has 2 aromatic rings. The van der Waals surface area contributed by atoms with Gasteiger partial charge >= 0.3 is 0 Å². The van der Waals surface area contributed by atoms with E-state index in [2.05, 4.69) is 40.6 Å². The van der Waals surface area contributed by atoms with Crippen LogP contribution >= 0.6 is 24.0 Å². The van der Waals surface area contributed by atoms with Crippen LogP contribution in [0.1, 0.15) is 30.4 Å². The molecule has 0 bridgehead atoms. The molecule has 3 rings (SSSR count). The number of rotatable bonds is 6. The van der Waals surface area contributed by atoms with Crippen molar-refractivity contribution in [2.24, 2.45) is 10.7 Å². The molecule has 0 atom stereocenters. The Balaban J connectivity index is 0.00000225. The molecule has 4 nitrogen and oxygen atoms in total. The molecule has 0 aromatic heterocycles. The summed E-state index contributed by atoms with van der Waals surface area (Å²) in [5.41, 5.74) is 9.67. The van der Waals surface area contributed by atoms with Gasteiger partial charge in [-0.25, -0.2) is 0 Å². The van der Waals surface area contributed by atoms with Crippen molar-refractivity contribution >= 4 is 35.6 Å². The van der Waals surface area contributed by atoms with Gasteiger partial charge in [-0.05, 0) is 24.5 Å². The molecule has 0 unspecified atom stereocenters. The Bertz CT molecular complexity index is 699. The Hall–Kier alpha value is -1.60. The first-order valence-electron chi connectivity index (χ1n) is 8.43. The number of para-hydroxylation sites is 1. The van der Waals surface area contributed by atoms with Crippen LogP contribution in [0, 0.1) is 0 Å². The third-order valence-corrected chi connectivity index (χ3v) is 4.83. The van der Waals surface area contributed by atoms with Crippen molar-refractivity contribution in [2.45, 2.75) is 31.3 Å². The summed E-state index contributed by atoms with van der Waals surface area (Å²) in [6, 6.07) is 18.6. The number of methoxy groups -OCH3 is 1. The van der Waals surface area contributed by atoms with E-state index in [0.29, 0.717) is 12.6 Å². The van der Waals surface area contributed by atoms with Crippen LogP contribution in [-0.4, -0.2) is 19.6 Å². The van der Waals surface area contributed by atoms with Gasteiger partial charge in [-0.15, -0.1) is 24.0 Å². The monoisotopic (exact) mass is 451 g/mol. The van der Waals surface area contributed by atoms with Crippen LogP contribution in [-0.2, 0) is 16.8 Å². The zero-order valence-electron chi connectivity index (χ0n) is 14.6. The van der Waals surface area contributed by atoms with Crippen LogP contribution in [0.15, 0.2) is 59.6 Å². The molecule has 2 aromatic carbocycles. The summed E-state index contributed by atoms with van der Waals surface area (Å²) in [4.78, 5) is 4.63. The van der Waals surface area contributed by atoms with E-state index in [-0.39, 0.29) is 29.4 Å². The summed E-state index contributed by atoms with van der Waals surface area (Å²) < 4.78 is 5.23. The Morgan fingerprint density at radius 1 is 1.12 bits per heavy atom. The molecular weight excluding hydrogens is 425 g/mol. The molecule has 0 amide bonds. The van der Waals surface area contributed by atoms with Crippen molar-refractivity contribution in [1.29, 1.82) is 0 Å². The average Bonchev–Trinajstić information content (AvgIpc) is 2.57. The first-order valence-corrected chi connectivity index (χ1v) is 8.43. The Kier molecular flexibility index (Phi) is 7.25. The molecule has 0 radical (unpaired) electrons. The number of hydrogen-bond acceptors (Lipinski definition) is 2. The Morgan fingerprint density at radius 2 is 1.80 bits per heavy atom. The average molecular weight is 451 g/mol. The maximum Gasteiger partial charge on any atom is 0.193 e. The van der Waals surface area contributed by atoms with Crippen molar-refractivity contribution < 1.29 is 4.74 Å². The number of nitrogens with two attached hydrogens (primary N) is 1. The Morgan fingerprint density at radius 3 is 2.44 bits per heavy atom. The van der Waals surface area contributed by atoms with Gasteiger partial charge in [0.25, 0.3) is 0 Å². The first-order chi connectivity index (χ1) is 11.7. The lowest BCUT2D eigenvalue weighted by atomic mass is 9.64. The molecule has 134 valence electrons. The molecule has 0 heterocycles. The number of halogens is 1. The second-order valence-electron chi connectivity index (χ2n) is 6.42. The van der Waals surface area contributed by atoms with Crippen LogP contribution in [0.2, 0.25) is 0 Å². The predicted octanol–water partition coefficient (Wildman–Crippen LogP) is 4.30. The van der Waals surface area contributed by atoms with E-state index in [1.165, 1.54) is 24.8 Å². The van der Waals surface area contributed by atoms with Gasteiger partial charge < -0.3 is 15.8 Å². The van der Waals surface area contributed by atoms with Crippen LogP contribution in [0.3, 0.4) is 0 Å². The molecule has 0 spiro atoms. The highest BCUT2D eigenvalue weighted by atomic mass is 127. The zero-order valence-corrected chi connectivity index (χ0v) is 16.9. The lowest BCUT2D eigenvalue weighted by Crippen LogP contribution is -2.38. The molecule has 1 fully saturated rings. The van der Waals surface area contributed by atoms with E-state index in [9.17, 15) is 0 Å². The summed E-state index contributed by atoms with van der Waals surface area (Å²) in [6.45, 7) is 1.27. The van der Waals surface area contributed by atoms with Crippen molar-refractivity contribution in [3.63, 3.8) is 0 Å². The molecule has 1 aliphatic rings. The van der Waals surface area contributed by atoms with E-state index < -0.39 is 0 Å². The minimum atomic E-state index is 0. The zero-order chi connectivity index (χ0) is 16.8. The van der Waals surface area contributed by atoms with Crippen molar-refractivity contribution in [1.82, 2.24) is 0 Å². The summed E-state index contributed by atoms with van der Waals surface area (Å²) in [7, 11) is 1.69. The summed E-state index contributed by atoms with van der Waals surface area (Å²) in [6.07, 6.45) is 3.61. The third kappa shape index (κ3) is 4.73. The fourth-order valence-corrected chi connectivity index (χ4v) is 3.27. The van der Waals surface area contributed by atoms with E-state index in [4.69, 9.17) is 10.5 Å². The van der Waals surface area contributed by atoms with Crippen LogP contribution in [0.4, 0.5) is 5.69 Å². The first kappa shape index (κ1) is 19.7. The minimum absolute atomic E-state index is 0. The normalized spacial score (nSPS) is 15.8. The number of ether oxygens (including phenoxy) is 1. The highest BCUT2D eigenvalue weighted by Gasteiger charge is 2.38. The largest absolute Gasteiger partial charge is 0.380 e. The quantitative estimate of drug-likeness (QED) is 0.391. The molecule has 1 aliphatic carbocycles. The van der Waals surface area contributed by atoms with Gasteiger partial charge in [0.1, 0.15) is 0 Å². The van der Waals surface area contributed by atoms with E-state index in [1.54, 1.807) is 7.11 Å². The number of hydrogen-bond donors (Lipinski definition) is 2. The maximum atomic E-state index is 6.13. The van der Waals surface area contributed by atoms with Gasteiger partial charge in [0.05, 0.1) is 13.2 Å². The van der Waals surface area contributed by atoms with Gasteiger partial charge in [-0.1, -0.05) is 55.0 Å². The maximum absolute atomic E-state index is 6.13. The van der Waals surface area contributed by atoms with E-state index >= 15 is 0 Å². The van der Waals surface area contributed by atoms with Crippen molar-refractivity contribution in [3.8, 4) is 0 Å². The number of aliphatic imine (C=N–C) groups is 1. The van der Waals surface area contributed by atoms with E-state index in [0.717, 1.165) is 17.8 Å². The second-order valence-corrected chi connectivity index (χ2v) is 6.42. The van der Waals surface area contributed by atoms with Gasteiger partial charge in [0.2, 0.25) is 0 Å². The summed E-state index contributed by atoms with van der Waals surface area (Å²) in [5.74, 6) is 0.459. The molecule has 3 N–H and O–H groups in total. The minimum Gasteiger partial charge on any atom is -0.380 e. The van der Waals surface area contributed by atoms with Gasteiger partial charge in [-0.2, -0.15) is 0 Å². The number of benzene rings is 2. The number of nitrogens with one attached hydrogen (secondary N) is 1. The number of anilines is 1. The topological polar surface area (TPSA) is 59.6 Å². The number of nitrogens with zero attached hydrogens (tertiary/aromatic N) is 1. The fraction of sp³-hybridized carbons (Fsp3) is 0.350. The van der Waals surface area contributed by atoms with Crippen molar-refractivity contribution in [2.75, 3.05) is 19.0 Å². The van der Waals surface area contributed by atoms with Gasteiger partial charge in [-0.3, -0.25) is 4.99 Å². The molecule has 1 saturated carbocycles. The van der Waals surface area contributed by atoms with Crippen LogP contribution in [0.25, 0.3) is 0 Å². The molecule has 25 heavy (non-hydrogen) atoms. The lowest BCUT2D eigenvalue weighted by Gasteiger charge is -2.41. The van der Waals surface area contributed by atoms with Crippen LogP contribution in [0.5, 0.6) is 0 Å². The third-order valence-electron chi connectivity index (χ3n) is 4.83. The highest BCUT2D eigenvalue weighted by Crippen LogP contribution is 2.43. The second kappa shape index (κ2) is 9.20. The van der Waals surface area contributed by atoms with Gasteiger partial charge in [0.15, 0.2) is 5.96 Å². The SMILES string of the molecule is COCc1ccccc1NC(N)=NCC1(c2ccccc2)CCC1.I. The number of guanidine groups is 1. The summed E-state index contributed by atoms with van der Waals surface area (Å²) in [5, 5.41) is 3.22. The fourth-order valence-electron chi connectivity index (χ4n) is 3.27. The predicted molar refractivity (Wildman–Crippen MR) is 115 cm³/mol. The van der Waals surface area contributed by atoms with Gasteiger partial charge in [0, 0.05) is 23.8 Å². The molecule has 0 aliphatic heterocycles. The van der Waals surface area contributed by atoms with Crippen molar-refractivity contribution in [3.05, 3.63) is 65.7 Å². The van der Waals surface area contributed by atoms with Crippen LogP contribution < -0.4 is 11.1 Å². The summed E-state index contributed by atoms with van der Waals surface area (Å²) >= 11 is 0. The smallest absolute Gasteiger partial charge is 0.193 e. The molecular formula is C20H26IN3O. The lowest BCUT2D eigenvalue weighted by molar-refractivity contribution is 0.185. The standard InChI is InChI=1S/C20H25N3O.HI/c1-24-14-16-8-5-6-11-18(16)23-19(21)22-15-20(12-7-13-20)17-9-3-2-4-10-17;/h2-6,8-11H,7,12-15H2,1H3,(H3,21,22,23);1H.